The minimum absolute atomic E-state index is 0.487. The number of aryl methyl sites for hydroxylation is 2. The summed E-state index contributed by atoms with van der Waals surface area (Å²) in [7, 11) is 1.66. The molecule has 2 rings (SSSR count). The van der Waals surface area contributed by atoms with Crippen molar-refractivity contribution in [2.24, 2.45) is 5.73 Å². The first-order valence-electron chi connectivity index (χ1n) is 5.77. The fourth-order valence-corrected chi connectivity index (χ4v) is 2.84. The Morgan fingerprint density at radius 1 is 1.39 bits per heavy atom. The molecule has 4 nitrogen and oxygen atoms in total. The van der Waals surface area contributed by atoms with E-state index in [2.05, 4.69) is 23.0 Å². The highest BCUT2D eigenvalue weighted by Gasteiger charge is 2.13. The van der Waals surface area contributed by atoms with Gasteiger partial charge in [-0.15, -0.1) is 11.3 Å². The van der Waals surface area contributed by atoms with E-state index in [9.17, 15) is 0 Å². The van der Waals surface area contributed by atoms with E-state index in [1.165, 1.54) is 0 Å². The van der Waals surface area contributed by atoms with Gasteiger partial charge in [0.1, 0.15) is 10.7 Å². The topological polar surface area (TPSA) is 61.0 Å². The number of methoxy groups -OCH3 is 1. The van der Waals surface area contributed by atoms with Crippen molar-refractivity contribution in [1.82, 2.24) is 9.97 Å². The summed E-state index contributed by atoms with van der Waals surface area (Å²) in [4.78, 5) is 10.1. The van der Waals surface area contributed by atoms with Crippen LogP contribution in [0.2, 0.25) is 0 Å². The van der Waals surface area contributed by atoms with Gasteiger partial charge in [-0.1, -0.05) is 6.07 Å². The van der Waals surface area contributed by atoms with E-state index in [-0.39, 0.29) is 0 Å². The van der Waals surface area contributed by atoms with E-state index in [0.29, 0.717) is 13.2 Å². The molecule has 0 spiro atoms. The fourth-order valence-electron chi connectivity index (χ4n) is 1.83. The van der Waals surface area contributed by atoms with Gasteiger partial charge in [-0.2, -0.15) is 0 Å². The number of pyridine rings is 1. The predicted molar refractivity (Wildman–Crippen MR) is 73.4 cm³/mol. The lowest BCUT2D eigenvalue weighted by Crippen LogP contribution is -1.99. The number of hydrogen-bond acceptors (Lipinski definition) is 5. The van der Waals surface area contributed by atoms with Crippen molar-refractivity contribution in [3.8, 4) is 10.7 Å². The first-order chi connectivity index (χ1) is 8.65. The molecule has 0 fully saturated rings. The first kappa shape index (κ1) is 13.1. The zero-order valence-corrected chi connectivity index (χ0v) is 11.7. The Morgan fingerprint density at radius 2 is 2.17 bits per heavy atom. The van der Waals surface area contributed by atoms with Crippen molar-refractivity contribution in [3.63, 3.8) is 0 Å². The van der Waals surface area contributed by atoms with E-state index in [0.717, 1.165) is 32.4 Å². The van der Waals surface area contributed by atoms with Gasteiger partial charge in [-0.3, -0.25) is 4.98 Å². The van der Waals surface area contributed by atoms with Crippen LogP contribution in [0, 0.1) is 13.8 Å². The van der Waals surface area contributed by atoms with Gasteiger partial charge >= 0.3 is 0 Å². The third-order valence-electron chi connectivity index (χ3n) is 2.66. The highest BCUT2D eigenvalue weighted by molar-refractivity contribution is 7.15. The van der Waals surface area contributed by atoms with Crippen LogP contribution in [0.15, 0.2) is 12.3 Å². The lowest BCUT2D eigenvalue weighted by Gasteiger charge is -2.01. The monoisotopic (exact) mass is 263 g/mol. The second-order valence-corrected chi connectivity index (χ2v) is 5.29. The fraction of sp³-hybridized carbons (Fsp3) is 0.385. The predicted octanol–water partition coefficient (Wildman–Crippen LogP) is 2.43. The minimum Gasteiger partial charge on any atom is -0.378 e. The molecule has 0 radical (unpaired) electrons. The van der Waals surface area contributed by atoms with Crippen molar-refractivity contribution < 1.29 is 4.74 Å². The maximum atomic E-state index is 5.73. The Bertz CT molecular complexity index is 551. The van der Waals surface area contributed by atoms with Gasteiger partial charge in [-0.25, -0.2) is 4.98 Å². The molecular formula is C13H17N3OS. The zero-order chi connectivity index (χ0) is 13.1. The highest BCUT2D eigenvalue weighted by Crippen LogP contribution is 2.29. The number of rotatable bonds is 4. The summed E-state index contributed by atoms with van der Waals surface area (Å²) in [6.45, 7) is 5.07. The molecule has 0 amide bonds. The van der Waals surface area contributed by atoms with E-state index in [1.807, 2.05) is 13.1 Å². The van der Waals surface area contributed by atoms with Crippen molar-refractivity contribution in [2.75, 3.05) is 7.11 Å². The number of thiazole rings is 1. The van der Waals surface area contributed by atoms with Crippen molar-refractivity contribution in [3.05, 3.63) is 34.0 Å². The van der Waals surface area contributed by atoms with E-state index in [1.54, 1.807) is 18.4 Å². The Kier molecular flexibility index (Phi) is 4.06. The second kappa shape index (κ2) is 5.56. The van der Waals surface area contributed by atoms with Crippen LogP contribution in [0.5, 0.6) is 0 Å². The molecule has 0 aliphatic carbocycles. The Labute approximate surface area is 111 Å². The number of nitrogens with zero attached hydrogens (tertiary/aromatic N) is 2. The summed E-state index contributed by atoms with van der Waals surface area (Å²) in [5.74, 6) is 0. The molecule has 2 aromatic heterocycles. The van der Waals surface area contributed by atoms with Crippen LogP contribution in [-0.2, 0) is 17.9 Å². The maximum Gasteiger partial charge on any atom is 0.142 e. The summed E-state index contributed by atoms with van der Waals surface area (Å²) in [5.41, 5.74) is 9.87. The summed E-state index contributed by atoms with van der Waals surface area (Å²) >= 11 is 1.59. The Morgan fingerprint density at radius 3 is 2.78 bits per heavy atom. The van der Waals surface area contributed by atoms with E-state index < -0.39 is 0 Å². The molecule has 0 aliphatic heterocycles. The van der Waals surface area contributed by atoms with Gasteiger partial charge in [0.2, 0.25) is 0 Å². The summed E-state index contributed by atoms with van der Waals surface area (Å²) < 4.78 is 5.14. The SMILES string of the molecule is COCc1nc(-c2ncc(C)cc2C)sc1CN. The lowest BCUT2D eigenvalue weighted by molar-refractivity contribution is 0.181. The molecule has 2 N–H and O–H groups in total. The molecule has 5 heteroatoms. The molecule has 0 saturated carbocycles. The first-order valence-corrected chi connectivity index (χ1v) is 6.58. The molecule has 0 aromatic carbocycles. The molecular weight excluding hydrogens is 246 g/mol. The average molecular weight is 263 g/mol. The minimum atomic E-state index is 0.487. The molecule has 0 unspecified atom stereocenters. The van der Waals surface area contributed by atoms with Crippen LogP contribution < -0.4 is 5.73 Å². The smallest absolute Gasteiger partial charge is 0.142 e. The van der Waals surface area contributed by atoms with E-state index >= 15 is 0 Å². The standard InChI is InChI=1S/C13H17N3OS/c1-8-4-9(2)12(15-6-8)13-16-10(7-17-3)11(5-14)18-13/h4,6H,5,7,14H2,1-3H3. The van der Waals surface area contributed by atoms with E-state index in [4.69, 9.17) is 10.5 Å². The normalized spacial score (nSPS) is 10.9. The van der Waals surface area contributed by atoms with Crippen molar-refractivity contribution >= 4 is 11.3 Å². The van der Waals surface area contributed by atoms with Gasteiger partial charge in [-0.05, 0) is 25.0 Å². The molecule has 0 saturated heterocycles. The van der Waals surface area contributed by atoms with Gasteiger partial charge < -0.3 is 10.5 Å². The van der Waals surface area contributed by atoms with Gasteiger partial charge in [0.15, 0.2) is 0 Å². The molecule has 2 aromatic rings. The molecule has 0 aliphatic rings. The zero-order valence-electron chi connectivity index (χ0n) is 10.9. The maximum absolute atomic E-state index is 5.73. The Hall–Kier alpha value is -1.30. The van der Waals surface area contributed by atoms with Crippen LogP contribution in [0.3, 0.4) is 0 Å². The van der Waals surface area contributed by atoms with Crippen LogP contribution in [-0.4, -0.2) is 17.1 Å². The average Bonchev–Trinajstić information content (AvgIpc) is 2.72. The third-order valence-corrected chi connectivity index (χ3v) is 3.79. The summed E-state index contributed by atoms with van der Waals surface area (Å²) in [6, 6.07) is 2.11. The van der Waals surface area contributed by atoms with Crippen LogP contribution in [0.1, 0.15) is 21.7 Å². The largest absolute Gasteiger partial charge is 0.378 e. The van der Waals surface area contributed by atoms with Crippen LogP contribution >= 0.6 is 11.3 Å². The lowest BCUT2D eigenvalue weighted by atomic mass is 10.2. The second-order valence-electron chi connectivity index (χ2n) is 4.20. The number of hydrogen-bond donors (Lipinski definition) is 1. The Balaban J connectivity index is 2.44. The van der Waals surface area contributed by atoms with Crippen molar-refractivity contribution in [1.29, 1.82) is 0 Å². The molecule has 96 valence electrons. The molecule has 0 atom stereocenters. The molecule has 0 bridgehead atoms. The summed E-state index contributed by atoms with van der Waals surface area (Å²) in [6.07, 6.45) is 1.86. The molecule has 18 heavy (non-hydrogen) atoms. The van der Waals surface area contributed by atoms with Gasteiger partial charge in [0, 0.05) is 24.7 Å². The highest BCUT2D eigenvalue weighted by atomic mass is 32.1. The van der Waals surface area contributed by atoms with Crippen molar-refractivity contribution in [2.45, 2.75) is 27.0 Å². The number of aromatic nitrogens is 2. The quantitative estimate of drug-likeness (QED) is 0.920. The van der Waals surface area contributed by atoms with Gasteiger partial charge in [0.05, 0.1) is 12.3 Å². The summed E-state index contributed by atoms with van der Waals surface area (Å²) in [5, 5.41) is 0.917. The van der Waals surface area contributed by atoms with Crippen LogP contribution in [0.25, 0.3) is 10.7 Å². The molecule has 2 heterocycles. The van der Waals surface area contributed by atoms with Crippen LogP contribution in [0.4, 0.5) is 0 Å². The number of nitrogens with two attached hydrogens (primary N) is 1. The van der Waals surface area contributed by atoms with Gasteiger partial charge in [0.25, 0.3) is 0 Å². The third kappa shape index (κ3) is 2.58. The number of ether oxygens (including phenoxy) is 1.